The summed E-state index contributed by atoms with van der Waals surface area (Å²) in [4.78, 5) is 18.9. The lowest BCUT2D eigenvalue weighted by Gasteiger charge is -2.21. The molecule has 0 unspecified atom stereocenters. The van der Waals surface area contributed by atoms with Crippen LogP contribution in [-0.4, -0.2) is 34.6 Å². The molecule has 2 aromatic carbocycles. The van der Waals surface area contributed by atoms with E-state index in [1.165, 1.54) is 0 Å². The summed E-state index contributed by atoms with van der Waals surface area (Å²) in [7, 11) is 1.82. The first-order valence-corrected chi connectivity index (χ1v) is 11.3. The summed E-state index contributed by atoms with van der Waals surface area (Å²) in [6, 6.07) is 14.2. The Labute approximate surface area is 185 Å². The lowest BCUT2D eigenvalue weighted by Crippen LogP contribution is -2.26. The predicted molar refractivity (Wildman–Crippen MR) is 122 cm³/mol. The van der Waals surface area contributed by atoms with Gasteiger partial charge in [-0.1, -0.05) is 42.4 Å². The van der Waals surface area contributed by atoms with E-state index in [0.29, 0.717) is 37.7 Å². The molecule has 160 valence electrons. The van der Waals surface area contributed by atoms with Gasteiger partial charge in [0.15, 0.2) is 0 Å². The van der Waals surface area contributed by atoms with E-state index in [1.807, 2.05) is 42.1 Å². The van der Waals surface area contributed by atoms with Crippen LogP contribution in [0.2, 0.25) is 0 Å². The van der Waals surface area contributed by atoms with Gasteiger partial charge in [-0.15, -0.1) is 0 Å². The summed E-state index contributed by atoms with van der Waals surface area (Å²) in [6.07, 6.45) is 1.64. The molecule has 7 heteroatoms. The molecule has 0 aliphatic heterocycles. The van der Waals surface area contributed by atoms with Gasteiger partial charge >= 0.3 is 0 Å². The average molecular weight is 436 g/mol. The molecule has 0 aliphatic carbocycles. The van der Waals surface area contributed by atoms with Gasteiger partial charge in [0.2, 0.25) is 17.6 Å². The van der Waals surface area contributed by atoms with E-state index in [2.05, 4.69) is 35.3 Å². The number of amides is 1. The lowest BCUT2D eigenvalue weighted by atomic mass is 10.0. The van der Waals surface area contributed by atoms with Crippen LogP contribution in [0.3, 0.4) is 0 Å². The number of hydrogen-bond donors (Lipinski definition) is 0. The standard InChI is InChI=1S/C24H25N3O3S/c1-3-13-29-21-9-8-17-6-4-5-7-19(17)20(21)15-27(2)23(28)11-10-22-25-24(26-30-22)18-12-14-31-16-18/h4-9,12,14,16H,3,10-11,13,15H2,1-2H3. The Kier molecular flexibility index (Phi) is 6.62. The Morgan fingerprint density at radius 1 is 1.19 bits per heavy atom. The summed E-state index contributed by atoms with van der Waals surface area (Å²) in [5.74, 6) is 1.88. The molecule has 2 heterocycles. The molecule has 1 amide bonds. The minimum Gasteiger partial charge on any atom is -0.493 e. The number of carbonyl (C=O) groups is 1. The molecule has 6 nitrogen and oxygen atoms in total. The van der Waals surface area contributed by atoms with Crippen LogP contribution in [0.1, 0.15) is 31.2 Å². The third-order valence-electron chi connectivity index (χ3n) is 5.08. The highest BCUT2D eigenvalue weighted by Gasteiger charge is 2.17. The number of thiophene rings is 1. The van der Waals surface area contributed by atoms with Gasteiger partial charge in [0.1, 0.15) is 5.75 Å². The maximum absolute atomic E-state index is 12.8. The molecule has 0 bridgehead atoms. The van der Waals surface area contributed by atoms with Gasteiger partial charge in [-0.25, -0.2) is 0 Å². The fraction of sp³-hybridized carbons (Fsp3) is 0.292. The van der Waals surface area contributed by atoms with E-state index in [9.17, 15) is 4.79 Å². The number of fused-ring (bicyclic) bond motifs is 1. The van der Waals surface area contributed by atoms with E-state index in [0.717, 1.165) is 34.1 Å². The Morgan fingerprint density at radius 3 is 2.87 bits per heavy atom. The second-order valence-electron chi connectivity index (χ2n) is 7.39. The predicted octanol–water partition coefficient (Wildman–Crippen LogP) is 5.33. The van der Waals surface area contributed by atoms with Gasteiger partial charge in [0.05, 0.1) is 6.61 Å². The van der Waals surface area contributed by atoms with E-state index < -0.39 is 0 Å². The van der Waals surface area contributed by atoms with Crippen molar-refractivity contribution in [3.8, 4) is 17.1 Å². The first-order chi connectivity index (χ1) is 15.2. The van der Waals surface area contributed by atoms with Crippen LogP contribution in [0.15, 0.2) is 57.7 Å². The van der Waals surface area contributed by atoms with Crippen molar-refractivity contribution in [3.63, 3.8) is 0 Å². The molecule has 0 fully saturated rings. The van der Waals surface area contributed by atoms with Gasteiger partial charge in [-0.05, 0) is 34.7 Å². The highest BCUT2D eigenvalue weighted by molar-refractivity contribution is 7.08. The lowest BCUT2D eigenvalue weighted by molar-refractivity contribution is -0.130. The number of hydrogen-bond acceptors (Lipinski definition) is 6. The third kappa shape index (κ3) is 4.94. The van der Waals surface area contributed by atoms with Crippen molar-refractivity contribution in [2.24, 2.45) is 0 Å². The quantitative estimate of drug-likeness (QED) is 0.355. The minimum absolute atomic E-state index is 0.0182. The monoisotopic (exact) mass is 435 g/mol. The smallest absolute Gasteiger partial charge is 0.227 e. The van der Waals surface area contributed by atoms with Crippen LogP contribution < -0.4 is 4.74 Å². The van der Waals surface area contributed by atoms with Gasteiger partial charge in [-0.2, -0.15) is 16.3 Å². The van der Waals surface area contributed by atoms with E-state index >= 15 is 0 Å². The Balaban J connectivity index is 1.44. The molecule has 0 spiro atoms. The third-order valence-corrected chi connectivity index (χ3v) is 5.76. The van der Waals surface area contributed by atoms with Crippen LogP contribution in [-0.2, 0) is 17.8 Å². The second kappa shape index (κ2) is 9.75. The van der Waals surface area contributed by atoms with E-state index in [-0.39, 0.29) is 5.91 Å². The van der Waals surface area contributed by atoms with E-state index in [1.54, 1.807) is 16.2 Å². The molecule has 0 N–H and O–H groups in total. The fourth-order valence-corrected chi connectivity index (χ4v) is 4.06. The molecule has 4 aromatic rings. The molecule has 0 aliphatic rings. The summed E-state index contributed by atoms with van der Waals surface area (Å²) >= 11 is 1.58. The zero-order valence-corrected chi connectivity index (χ0v) is 18.5. The summed E-state index contributed by atoms with van der Waals surface area (Å²) in [5, 5.41) is 10.2. The van der Waals surface area contributed by atoms with Crippen molar-refractivity contribution in [1.82, 2.24) is 15.0 Å². The number of rotatable bonds is 9. The van der Waals surface area contributed by atoms with Crippen molar-refractivity contribution in [2.45, 2.75) is 32.7 Å². The average Bonchev–Trinajstić information content (AvgIpc) is 3.48. The van der Waals surface area contributed by atoms with Crippen LogP contribution in [0.5, 0.6) is 5.75 Å². The summed E-state index contributed by atoms with van der Waals surface area (Å²) in [6.45, 7) is 3.20. The molecular formula is C24H25N3O3S. The number of benzene rings is 2. The molecule has 2 aromatic heterocycles. The van der Waals surface area contributed by atoms with Crippen molar-refractivity contribution < 1.29 is 14.1 Å². The minimum atomic E-state index is 0.0182. The topological polar surface area (TPSA) is 68.5 Å². The molecule has 4 rings (SSSR count). The first kappa shape index (κ1) is 21.1. The van der Waals surface area contributed by atoms with Crippen LogP contribution >= 0.6 is 11.3 Å². The van der Waals surface area contributed by atoms with E-state index in [4.69, 9.17) is 9.26 Å². The molecule has 31 heavy (non-hydrogen) atoms. The fourth-order valence-electron chi connectivity index (χ4n) is 3.42. The highest BCUT2D eigenvalue weighted by atomic mass is 32.1. The molecule has 0 radical (unpaired) electrons. The van der Waals surface area contributed by atoms with Crippen molar-refractivity contribution >= 4 is 28.0 Å². The van der Waals surface area contributed by atoms with Crippen molar-refractivity contribution in [1.29, 1.82) is 0 Å². The maximum Gasteiger partial charge on any atom is 0.227 e. The summed E-state index contributed by atoms with van der Waals surface area (Å²) in [5.41, 5.74) is 1.96. The van der Waals surface area contributed by atoms with Crippen molar-refractivity contribution in [2.75, 3.05) is 13.7 Å². The second-order valence-corrected chi connectivity index (χ2v) is 8.17. The van der Waals surface area contributed by atoms with Gasteiger partial charge in [0, 0.05) is 42.9 Å². The van der Waals surface area contributed by atoms with Gasteiger partial charge in [-0.3, -0.25) is 4.79 Å². The first-order valence-electron chi connectivity index (χ1n) is 10.4. The zero-order valence-electron chi connectivity index (χ0n) is 17.7. The van der Waals surface area contributed by atoms with Gasteiger partial charge < -0.3 is 14.2 Å². The normalized spacial score (nSPS) is 11.0. The SMILES string of the molecule is CCCOc1ccc2ccccc2c1CN(C)C(=O)CCc1nc(-c2ccsc2)no1. The number of ether oxygens (including phenoxy) is 1. The maximum atomic E-state index is 12.8. The zero-order chi connectivity index (χ0) is 21.6. The molecular weight excluding hydrogens is 410 g/mol. The largest absolute Gasteiger partial charge is 0.493 e. The van der Waals surface area contributed by atoms with Crippen LogP contribution in [0.25, 0.3) is 22.2 Å². The highest BCUT2D eigenvalue weighted by Crippen LogP contribution is 2.29. The Bertz CT molecular complexity index is 1150. The van der Waals surface area contributed by atoms with Gasteiger partial charge in [0.25, 0.3) is 0 Å². The number of aromatic nitrogens is 2. The molecule has 0 saturated heterocycles. The van der Waals surface area contributed by atoms with Crippen LogP contribution in [0, 0.1) is 0 Å². The number of nitrogens with zero attached hydrogens (tertiary/aromatic N) is 3. The Hall–Kier alpha value is -3.19. The van der Waals surface area contributed by atoms with Crippen LogP contribution in [0.4, 0.5) is 0 Å². The van der Waals surface area contributed by atoms with Crippen molar-refractivity contribution in [3.05, 3.63) is 64.7 Å². The molecule has 0 saturated carbocycles. The summed E-state index contributed by atoms with van der Waals surface area (Å²) < 4.78 is 11.3. The molecule has 0 atom stereocenters. The Morgan fingerprint density at radius 2 is 2.06 bits per heavy atom. The number of aryl methyl sites for hydroxylation is 1. The number of carbonyl (C=O) groups excluding carboxylic acids is 1.